The van der Waals surface area contributed by atoms with Crippen LogP contribution < -0.4 is 0 Å². The Kier molecular flexibility index (Phi) is 3.57. The molecule has 0 saturated carbocycles. The average Bonchev–Trinajstić information content (AvgIpc) is 3.00. The Hall–Kier alpha value is -2.33. The molecule has 2 aromatic carbocycles. The molecule has 3 aromatic rings. The van der Waals surface area contributed by atoms with Crippen LogP contribution in [0.3, 0.4) is 0 Å². The molecule has 1 aliphatic heterocycles. The number of rotatable bonds is 1. The van der Waals surface area contributed by atoms with Gasteiger partial charge in [0.2, 0.25) is 0 Å². The third-order valence-corrected chi connectivity index (χ3v) is 5.12. The topological polar surface area (TPSA) is 49.0 Å². The summed E-state index contributed by atoms with van der Waals surface area (Å²) in [6.07, 6.45) is 0.854. The number of aromatic amines is 1. The highest BCUT2D eigenvalue weighted by molar-refractivity contribution is 6.35. The van der Waals surface area contributed by atoms with Crippen molar-refractivity contribution >= 4 is 28.5 Å². The van der Waals surface area contributed by atoms with Crippen LogP contribution in [-0.2, 0) is 6.42 Å². The van der Waals surface area contributed by atoms with Gasteiger partial charge in [-0.25, -0.2) is 4.98 Å². The minimum Gasteiger partial charge on any atom is -0.334 e. The first kappa shape index (κ1) is 15.2. The third kappa shape index (κ3) is 2.29. The number of fused-ring (bicyclic) bond motifs is 2. The summed E-state index contributed by atoms with van der Waals surface area (Å²) in [4.78, 5) is 22.6. The lowest BCUT2D eigenvalue weighted by atomic mass is 9.89. The van der Waals surface area contributed by atoms with E-state index in [2.05, 4.69) is 42.0 Å². The maximum Gasteiger partial charge on any atom is 0.290 e. The van der Waals surface area contributed by atoms with Crippen molar-refractivity contribution in [3.05, 3.63) is 64.4 Å². The molecule has 0 spiro atoms. The zero-order valence-electron chi connectivity index (χ0n) is 13.6. The predicted octanol–water partition coefficient (Wildman–Crippen LogP) is 4.36. The number of nitrogens with zero attached hydrogens (tertiary/aromatic N) is 2. The maximum absolute atomic E-state index is 13.1. The molecule has 2 heterocycles. The predicted molar refractivity (Wildman–Crippen MR) is 95.3 cm³/mol. The number of carbonyl (C=O) groups excluding carboxylic acids is 1. The van der Waals surface area contributed by atoms with Crippen LogP contribution in [0.15, 0.2) is 42.5 Å². The lowest BCUT2D eigenvalue weighted by molar-refractivity contribution is 0.0569. The Morgan fingerprint density at radius 3 is 2.79 bits per heavy atom. The number of H-pyrrole nitrogens is 1. The van der Waals surface area contributed by atoms with E-state index in [1.807, 2.05) is 23.1 Å². The van der Waals surface area contributed by atoms with Crippen molar-refractivity contribution in [1.82, 2.24) is 14.9 Å². The number of imidazole rings is 1. The zero-order chi connectivity index (χ0) is 16.8. The molecular formula is C19H18ClN3O. The maximum atomic E-state index is 13.1. The van der Waals surface area contributed by atoms with Crippen LogP contribution in [0.5, 0.6) is 0 Å². The van der Waals surface area contributed by atoms with Gasteiger partial charge in [-0.05, 0) is 43.5 Å². The fourth-order valence-electron chi connectivity index (χ4n) is 3.67. The minimum atomic E-state index is -0.0863. The fourth-order valence-corrected chi connectivity index (χ4v) is 3.89. The molecule has 122 valence electrons. The first-order valence-corrected chi connectivity index (χ1v) is 8.48. The quantitative estimate of drug-likeness (QED) is 0.716. The minimum absolute atomic E-state index is 0.0149. The van der Waals surface area contributed by atoms with Crippen LogP contribution in [0.2, 0.25) is 5.02 Å². The number of carbonyl (C=O) groups is 1. The molecule has 5 heteroatoms. The summed E-state index contributed by atoms with van der Waals surface area (Å²) >= 11 is 6.18. The largest absolute Gasteiger partial charge is 0.334 e. The van der Waals surface area contributed by atoms with Gasteiger partial charge in [0.1, 0.15) is 5.52 Å². The van der Waals surface area contributed by atoms with Crippen LogP contribution in [0, 0.1) is 0 Å². The molecule has 4 nitrogen and oxygen atoms in total. The molecule has 0 bridgehead atoms. The number of nitrogens with one attached hydrogen (secondary N) is 1. The molecule has 0 saturated heterocycles. The first-order valence-electron chi connectivity index (χ1n) is 8.11. The number of para-hydroxylation sites is 1. The second-order valence-electron chi connectivity index (χ2n) is 6.36. The molecule has 0 aliphatic carbocycles. The summed E-state index contributed by atoms with van der Waals surface area (Å²) in [6, 6.07) is 14.0. The van der Waals surface area contributed by atoms with Gasteiger partial charge in [0, 0.05) is 6.04 Å². The van der Waals surface area contributed by atoms with E-state index < -0.39 is 0 Å². The van der Waals surface area contributed by atoms with Crippen molar-refractivity contribution < 1.29 is 4.79 Å². The summed E-state index contributed by atoms with van der Waals surface area (Å²) in [5.74, 6) is 0.257. The van der Waals surface area contributed by atoms with E-state index in [9.17, 15) is 4.79 Å². The van der Waals surface area contributed by atoms with E-state index in [4.69, 9.17) is 11.6 Å². The van der Waals surface area contributed by atoms with Gasteiger partial charge in [-0.15, -0.1) is 0 Å². The number of aromatic nitrogens is 2. The molecular weight excluding hydrogens is 322 g/mol. The molecule has 0 unspecified atom stereocenters. The van der Waals surface area contributed by atoms with Crippen molar-refractivity contribution in [3.63, 3.8) is 0 Å². The van der Waals surface area contributed by atoms with Gasteiger partial charge in [0.25, 0.3) is 5.91 Å². The summed E-state index contributed by atoms with van der Waals surface area (Å²) in [7, 11) is 0. The molecule has 2 atom stereocenters. The molecule has 24 heavy (non-hydrogen) atoms. The van der Waals surface area contributed by atoms with E-state index in [0.29, 0.717) is 16.4 Å². The van der Waals surface area contributed by atoms with E-state index in [-0.39, 0.29) is 18.0 Å². The number of amides is 1. The van der Waals surface area contributed by atoms with Crippen LogP contribution in [0.25, 0.3) is 11.0 Å². The highest BCUT2D eigenvalue weighted by Crippen LogP contribution is 2.34. The van der Waals surface area contributed by atoms with Crippen LogP contribution >= 0.6 is 11.6 Å². The van der Waals surface area contributed by atoms with E-state index >= 15 is 0 Å². The van der Waals surface area contributed by atoms with Crippen molar-refractivity contribution in [2.75, 3.05) is 0 Å². The SMILES string of the molecule is C[C@H]1Cc2ccccc2[C@H](C)N1C(=O)c1nc2c(Cl)cccc2[nH]1. The average molecular weight is 340 g/mol. The van der Waals surface area contributed by atoms with Crippen LogP contribution in [0.1, 0.15) is 41.6 Å². The number of hydrogen-bond acceptors (Lipinski definition) is 2. The lowest BCUT2D eigenvalue weighted by Gasteiger charge is -2.39. The lowest BCUT2D eigenvalue weighted by Crippen LogP contribution is -2.45. The zero-order valence-corrected chi connectivity index (χ0v) is 14.3. The Balaban J connectivity index is 1.74. The normalized spacial score (nSPS) is 20.2. The Morgan fingerprint density at radius 1 is 1.21 bits per heavy atom. The number of hydrogen-bond donors (Lipinski definition) is 1. The molecule has 0 radical (unpaired) electrons. The second-order valence-corrected chi connectivity index (χ2v) is 6.77. The van der Waals surface area contributed by atoms with Gasteiger partial charge >= 0.3 is 0 Å². The van der Waals surface area contributed by atoms with Crippen molar-refractivity contribution in [2.45, 2.75) is 32.4 Å². The van der Waals surface area contributed by atoms with Gasteiger partial charge in [-0.2, -0.15) is 0 Å². The molecule has 1 aliphatic rings. The van der Waals surface area contributed by atoms with Gasteiger partial charge in [-0.1, -0.05) is 41.9 Å². The molecule has 1 aromatic heterocycles. The van der Waals surface area contributed by atoms with Crippen molar-refractivity contribution in [1.29, 1.82) is 0 Å². The Bertz CT molecular complexity index is 933. The van der Waals surface area contributed by atoms with Crippen molar-refractivity contribution in [2.24, 2.45) is 0 Å². The van der Waals surface area contributed by atoms with Gasteiger partial charge in [-0.3, -0.25) is 4.79 Å². The van der Waals surface area contributed by atoms with Crippen molar-refractivity contribution in [3.8, 4) is 0 Å². The standard InChI is InChI=1S/C19H18ClN3O/c1-11-10-13-6-3-4-7-14(13)12(2)23(11)19(24)18-21-16-9-5-8-15(20)17(16)22-18/h3-9,11-12H,10H2,1-2H3,(H,21,22)/t11-,12-/m0/s1. The Labute approximate surface area is 145 Å². The van der Waals surface area contributed by atoms with Gasteiger partial charge < -0.3 is 9.88 Å². The highest BCUT2D eigenvalue weighted by atomic mass is 35.5. The first-order chi connectivity index (χ1) is 11.6. The van der Waals surface area contributed by atoms with E-state index in [1.165, 1.54) is 11.1 Å². The highest BCUT2D eigenvalue weighted by Gasteiger charge is 2.34. The van der Waals surface area contributed by atoms with Crippen LogP contribution in [-0.4, -0.2) is 26.8 Å². The smallest absolute Gasteiger partial charge is 0.290 e. The van der Waals surface area contributed by atoms with Gasteiger partial charge in [0.05, 0.1) is 16.6 Å². The second kappa shape index (κ2) is 5.64. The fraction of sp³-hybridized carbons (Fsp3) is 0.263. The third-order valence-electron chi connectivity index (χ3n) is 4.81. The Morgan fingerprint density at radius 2 is 2.00 bits per heavy atom. The summed E-state index contributed by atoms with van der Waals surface area (Å²) in [5, 5.41) is 0.549. The number of halogens is 1. The molecule has 1 amide bonds. The molecule has 0 fully saturated rings. The summed E-state index contributed by atoms with van der Waals surface area (Å²) in [6.45, 7) is 4.15. The molecule has 1 N–H and O–H groups in total. The summed E-state index contributed by atoms with van der Waals surface area (Å²) < 4.78 is 0. The molecule has 4 rings (SSSR count). The number of benzene rings is 2. The van der Waals surface area contributed by atoms with E-state index in [0.717, 1.165) is 11.9 Å². The van der Waals surface area contributed by atoms with Crippen LogP contribution in [0.4, 0.5) is 0 Å². The van der Waals surface area contributed by atoms with Gasteiger partial charge in [0.15, 0.2) is 5.82 Å². The summed E-state index contributed by atoms with van der Waals surface area (Å²) in [5.41, 5.74) is 3.94. The van der Waals surface area contributed by atoms with E-state index in [1.54, 1.807) is 6.07 Å². The monoisotopic (exact) mass is 339 g/mol.